The van der Waals surface area contributed by atoms with Gasteiger partial charge in [-0.1, -0.05) is 35.9 Å². The number of ether oxygens (including phenoxy) is 1. The number of ketones is 1. The van der Waals surface area contributed by atoms with Crippen molar-refractivity contribution in [3.63, 3.8) is 0 Å². The molecule has 0 spiro atoms. The van der Waals surface area contributed by atoms with E-state index in [0.29, 0.717) is 21.7 Å². The lowest BCUT2D eigenvalue weighted by Crippen LogP contribution is -2.31. The molecule has 4 aromatic rings. The Morgan fingerprint density at radius 2 is 1.91 bits per heavy atom. The number of methoxy groups -OCH3 is 1. The minimum absolute atomic E-state index is 0.0285. The Balaban J connectivity index is 1.63. The normalized spacial score (nSPS) is 15.8. The summed E-state index contributed by atoms with van der Waals surface area (Å²) in [6.45, 7) is 2.08. The second-order valence-electron chi connectivity index (χ2n) is 8.28. The lowest BCUT2D eigenvalue weighted by atomic mass is 9.92. The van der Waals surface area contributed by atoms with Crippen LogP contribution in [0.5, 0.6) is 5.75 Å². The maximum Gasteiger partial charge on any atom is 0.290 e. The molecule has 2 aromatic carbocycles. The van der Waals surface area contributed by atoms with Crippen LogP contribution in [0.4, 0.5) is 0 Å². The summed E-state index contributed by atoms with van der Waals surface area (Å²) in [6.07, 6.45) is 3.26. The van der Waals surface area contributed by atoms with E-state index in [1.807, 2.05) is 31.2 Å². The minimum Gasteiger partial charge on any atom is -0.503 e. The molecule has 3 heterocycles. The van der Waals surface area contributed by atoms with E-state index in [1.165, 1.54) is 18.1 Å². The summed E-state index contributed by atoms with van der Waals surface area (Å²) in [4.78, 5) is 32.5. The van der Waals surface area contributed by atoms with Crippen LogP contribution < -0.4 is 4.74 Å². The van der Waals surface area contributed by atoms with E-state index in [1.54, 1.807) is 36.7 Å². The van der Waals surface area contributed by atoms with Gasteiger partial charge in [-0.25, -0.2) is 0 Å². The highest BCUT2D eigenvalue weighted by Gasteiger charge is 2.45. The van der Waals surface area contributed by atoms with Gasteiger partial charge >= 0.3 is 0 Å². The fourth-order valence-corrected chi connectivity index (χ4v) is 4.65. The maximum absolute atomic E-state index is 13.8. The van der Waals surface area contributed by atoms with Crippen molar-refractivity contribution in [2.75, 3.05) is 7.11 Å². The van der Waals surface area contributed by atoms with Crippen molar-refractivity contribution in [1.29, 1.82) is 0 Å². The molecule has 1 amide bonds. The standard InChI is InChI=1S/C27H21ClN2O5/c1-15-5-3-4-6-19(15)23-22(25(32)27(33)30(23)14-16-7-9-29-10-8-16)24(31)20-12-17-11-18(28)13-21(34-2)26(17)35-20/h3-13,23,32H,14H2,1-2H3. The van der Waals surface area contributed by atoms with Gasteiger partial charge in [-0.2, -0.15) is 0 Å². The molecule has 1 aliphatic rings. The molecule has 0 bridgehead atoms. The fraction of sp³-hybridized carbons (Fsp3) is 0.148. The average molecular weight is 489 g/mol. The molecule has 0 saturated carbocycles. The summed E-state index contributed by atoms with van der Waals surface area (Å²) >= 11 is 6.17. The number of fused-ring (bicyclic) bond motifs is 1. The van der Waals surface area contributed by atoms with Crippen LogP contribution in [0.2, 0.25) is 5.02 Å². The Hall–Kier alpha value is -4.10. The molecule has 176 valence electrons. The SMILES string of the molecule is COc1cc(Cl)cc2cc(C(=O)C3=C(O)C(=O)N(Cc4ccncc4)C3c3ccccc3C)oc12. The first-order chi connectivity index (χ1) is 16.9. The lowest BCUT2D eigenvalue weighted by molar-refractivity contribution is -0.130. The molecule has 0 aliphatic carbocycles. The van der Waals surface area contributed by atoms with Gasteiger partial charge in [0, 0.05) is 35.4 Å². The van der Waals surface area contributed by atoms with Crippen molar-refractivity contribution in [3.05, 3.63) is 106 Å². The van der Waals surface area contributed by atoms with Crippen molar-refractivity contribution in [1.82, 2.24) is 9.88 Å². The number of carbonyl (C=O) groups excluding carboxylic acids is 2. The quantitative estimate of drug-likeness (QED) is 0.356. The fourth-order valence-electron chi connectivity index (χ4n) is 4.43. The third kappa shape index (κ3) is 3.94. The molecule has 35 heavy (non-hydrogen) atoms. The molecule has 0 saturated heterocycles. The second kappa shape index (κ2) is 8.92. The number of aliphatic hydroxyl groups excluding tert-OH is 1. The number of nitrogens with zero attached hydrogens (tertiary/aromatic N) is 2. The van der Waals surface area contributed by atoms with Crippen molar-refractivity contribution in [3.8, 4) is 5.75 Å². The van der Waals surface area contributed by atoms with Crippen LogP contribution in [0.3, 0.4) is 0 Å². The molecule has 1 atom stereocenters. The topological polar surface area (TPSA) is 92.9 Å². The highest BCUT2D eigenvalue weighted by Crippen LogP contribution is 2.42. The number of pyridine rings is 1. The van der Waals surface area contributed by atoms with Gasteiger partial charge < -0.3 is 19.2 Å². The average Bonchev–Trinajstić information content (AvgIpc) is 3.39. The Bertz CT molecular complexity index is 1490. The van der Waals surface area contributed by atoms with E-state index >= 15 is 0 Å². The highest BCUT2D eigenvalue weighted by molar-refractivity contribution is 6.31. The predicted octanol–water partition coefficient (Wildman–Crippen LogP) is 5.58. The smallest absolute Gasteiger partial charge is 0.290 e. The zero-order valence-corrected chi connectivity index (χ0v) is 19.7. The molecule has 5 rings (SSSR count). The van der Waals surface area contributed by atoms with Crippen LogP contribution in [-0.4, -0.2) is 33.8 Å². The van der Waals surface area contributed by atoms with Gasteiger partial charge in [-0.3, -0.25) is 14.6 Å². The minimum atomic E-state index is -0.803. The number of Topliss-reactive ketones (excluding diaryl/α,β-unsaturated/α-hetero) is 1. The summed E-state index contributed by atoms with van der Waals surface area (Å²) in [5.74, 6) is -1.46. The largest absolute Gasteiger partial charge is 0.503 e. The number of aryl methyl sites for hydroxylation is 1. The molecular formula is C27H21ClN2O5. The van der Waals surface area contributed by atoms with Crippen molar-refractivity contribution in [2.24, 2.45) is 0 Å². The third-order valence-electron chi connectivity index (χ3n) is 6.12. The van der Waals surface area contributed by atoms with Gasteiger partial charge in [0.05, 0.1) is 18.7 Å². The zero-order chi connectivity index (χ0) is 24.7. The number of rotatable bonds is 6. The Kier molecular flexibility index (Phi) is 5.78. The first-order valence-electron chi connectivity index (χ1n) is 10.9. The summed E-state index contributed by atoms with van der Waals surface area (Å²) in [5.41, 5.74) is 2.74. The van der Waals surface area contributed by atoms with Gasteiger partial charge in [0.15, 0.2) is 22.9 Å². The van der Waals surface area contributed by atoms with Crippen LogP contribution in [0.15, 0.2) is 82.7 Å². The van der Waals surface area contributed by atoms with E-state index in [0.717, 1.165) is 16.7 Å². The second-order valence-corrected chi connectivity index (χ2v) is 8.71. The Morgan fingerprint density at radius 1 is 1.17 bits per heavy atom. The van der Waals surface area contributed by atoms with Gasteiger partial charge in [-0.05, 0) is 47.9 Å². The molecule has 2 aromatic heterocycles. The van der Waals surface area contributed by atoms with Crippen LogP contribution in [-0.2, 0) is 11.3 Å². The van der Waals surface area contributed by atoms with E-state index in [9.17, 15) is 14.7 Å². The molecule has 1 unspecified atom stereocenters. The number of amides is 1. The van der Waals surface area contributed by atoms with E-state index in [4.69, 9.17) is 20.8 Å². The van der Waals surface area contributed by atoms with E-state index < -0.39 is 23.5 Å². The van der Waals surface area contributed by atoms with Crippen molar-refractivity contribution < 1.29 is 23.8 Å². The molecule has 0 fully saturated rings. The number of hydrogen-bond donors (Lipinski definition) is 1. The van der Waals surface area contributed by atoms with Crippen LogP contribution in [0, 0.1) is 6.92 Å². The maximum atomic E-state index is 13.8. The number of hydrogen-bond acceptors (Lipinski definition) is 6. The van der Waals surface area contributed by atoms with Gasteiger partial charge in [0.25, 0.3) is 5.91 Å². The number of furan rings is 1. The van der Waals surface area contributed by atoms with E-state index in [2.05, 4.69) is 4.98 Å². The summed E-state index contributed by atoms with van der Waals surface area (Å²) < 4.78 is 11.2. The van der Waals surface area contributed by atoms with Crippen LogP contribution in [0.1, 0.15) is 33.3 Å². The van der Waals surface area contributed by atoms with Gasteiger partial charge in [0.1, 0.15) is 0 Å². The van der Waals surface area contributed by atoms with Crippen molar-refractivity contribution in [2.45, 2.75) is 19.5 Å². The number of benzene rings is 2. The molecule has 1 aliphatic heterocycles. The molecule has 8 heteroatoms. The molecule has 0 radical (unpaired) electrons. The first-order valence-corrected chi connectivity index (χ1v) is 11.3. The monoisotopic (exact) mass is 488 g/mol. The molecular weight excluding hydrogens is 468 g/mol. The summed E-state index contributed by atoms with van der Waals surface area (Å²) in [5, 5.41) is 11.9. The zero-order valence-electron chi connectivity index (χ0n) is 19.0. The number of aromatic nitrogens is 1. The lowest BCUT2D eigenvalue weighted by Gasteiger charge is -2.28. The summed E-state index contributed by atoms with van der Waals surface area (Å²) in [7, 11) is 1.48. The highest BCUT2D eigenvalue weighted by atomic mass is 35.5. The van der Waals surface area contributed by atoms with E-state index in [-0.39, 0.29) is 17.9 Å². The molecule has 7 nitrogen and oxygen atoms in total. The molecule has 1 N–H and O–H groups in total. The summed E-state index contributed by atoms with van der Waals surface area (Å²) in [6, 6.07) is 15.0. The third-order valence-corrected chi connectivity index (χ3v) is 6.34. The predicted molar refractivity (Wildman–Crippen MR) is 130 cm³/mol. The van der Waals surface area contributed by atoms with Crippen molar-refractivity contribution >= 4 is 34.3 Å². The van der Waals surface area contributed by atoms with Gasteiger partial charge in [0.2, 0.25) is 5.78 Å². The number of halogens is 1. The number of aliphatic hydroxyl groups is 1. The first kappa shape index (κ1) is 22.7. The Morgan fingerprint density at radius 3 is 2.63 bits per heavy atom. The van der Waals surface area contributed by atoms with Crippen LogP contribution >= 0.6 is 11.6 Å². The van der Waals surface area contributed by atoms with Gasteiger partial charge in [-0.15, -0.1) is 0 Å². The Labute approximate surface area is 206 Å². The number of carbonyl (C=O) groups is 2. The van der Waals surface area contributed by atoms with Crippen LogP contribution in [0.25, 0.3) is 11.0 Å².